The SMILES string of the molecule is O=C(CCCCN1CCN(Cc2cncc(-c3cscn3)c2)CC1C(=O)NCC(F)(F)F)NCc1ccccc1. The Morgan fingerprint density at radius 3 is 2.62 bits per heavy atom. The molecule has 1 atom stereocenters. The van der Waals surface area contributed by atoms with Crippen LogP contribution in [0.4, 0.5) is 13.2 Å². The number of aromatic nitrogens is 2. The van der Waals surface area contributed by atoms with Crippen LogP contribution >= 0.6 is 11.3 Å². The number of halogens is 3. The third-order valence-electron chi connectivity index (χ3n) is 6.70. The topological polar surface area (TPSA) is 90.5 Å². The van der Waals surface area contributed by atoms with E-state index in [0.29, 0.717) is 58.5 Å². The number of carbonyl (C=O) groups is 2. The van der Waals surface area contributed by atoms with Gasteiger partial charge in [0.05, 0.1) is 11.2 Å². The van der Waals surface area contributed by atoms with E-state index in [0.717, 1.165) is 22.4 Å². The van der Waals surface area contributed by atoms with Crippen LogP contribution in [-0.2, 0) is 22.7 Å². The molecular formula is C28H33F3N6O2S. The van der Waals surface area contributed by atoms with Gasteiger partial charge in [-0.25, -0.2) is 4.98 Å². The molecule has 40 heavy (non-hydrogen) atoms. The summed E-state index contributed by atoms with van der Waals surface area (Å²) in [7, 11) is 0. The molecule has 1 aliphatic heterocycles. The van der Waals surface area contributed by atoms with Crippen LogP contribution in [0.15, 0.2) is 59.7 Å². The summed E-state index contributed by atoms with van der Waals surface area (Å²) in [6, 6.07) is 10.9. The van der Waals surface area contributed by atoms with Gasteiger partial charge in [-0.05, 0) is 36.6 Å². The van der Waals surface area contributed by atoms with Gasteiger partial charge in [0.15, 0.2) is 0 Å². The monoisotopic (exact) mass is 574 g/mol. The lowest BCUT2D eigenvalue weighted by molar-refractivity contribution is -0.143. The largest absolute Gasteiger partial charge is 0.405 e. The standard InChI is InChI=1S/C28H33F3N6O2S/c29-28(30,31)19-34-27(39)25-17-36(16-22-12-23(15-32-13-22)24-18-40-20-35-24)10-11-37(25)9-5-4-8-26(38)33-14-21-6-2-1-3-7-21/h1-3,6-7,12-13,15,18,20,25H,4-5,8-11,14,16-17,19H2,(H,33,38)(H,34,39). The molecule has 2 N–H and O–H groups in total. The molecule has 12 heteroatoms. The van der Waals surface area contributed by atoms with Gasteiger partial charge in [-0.3, -0.25) is 24.4 Å². The Labute approximate surface area is 235 Å². The predicted molar refractivity (Wildman–Crippen MR) is 147 cm³/mol. The van der Waals surface area contributed by atoms with Crippen molar-refractivity contribution in [2.45, 2.75) is 44.6 Å². The Morgan fingerprint density at radius 1 is 1.05 bits per heavy atom. The second-order valence-corrected chi connectivity index (χ2v) is 10.5. The molecule has 0 spiro atoms. The van der Waals surface area contributed by atoms with Crippen molar-refractivity contribution < 1.29 is 22.8 Å². The van der Waals surface area contributed by atoms with Crippen LogP contribution in [0, 0.1) is 0 Å². The van der Waals surface area contributed by atoms with E-state index in [9.17, 15) is 22.8 Å². The van der Waals surface area contributed by atoms with Gasteiger partial charge in [-0.2, -0.15) is 13.2 Å². The van der Waals surface area contributed by atoms with Crippen molar-refractivity contribution in [2.75, 3.05) is 32.7 Å². The predicted octanol–water partition coefficient (Wildman–Crippen LogP) is 3.86. The molecule has 0 saturated carbocycles. The van der Waals surface area contributed by atoms with E-state index >= 15 is 0 Å². The lowest BCUT2D eigenvalue weighted by Crippen LogP contribution is -2.59. The highest BCUT2D eigenvalue weighted by molar-refractivity contribution is 7.07. The molecule has 4 rings (SSSR count). The highest BCUT2D eigenvalue weighted by Crippen LogP contribution is 2.21. The summed E-state index contributed by atoms with van der Waals surface area (Å²) in [6.45, 7) is 1.62. The van der Waals surface area contributed by atoms with Crippen LogP contribution in [0.2, 0.25) is 0 Å². The number of carbonyl (C=O) groups excluding carboxylic acids is 2. The Balaban J connectivity index is 1.30. The van der Waals surface area contributed by atoms with Crippen molar-refractivity contribution in [3.63, 3.8) is 0 Å². The zero-order valence-electron chi connectivity index (χ0n) is 22.1. The number of alkyl halides is 3. The number of nitrogens with zero attached hydrogens (tertiary/aromatic N) is 4. The fourth-order valence-corrected chi connectivity index (χ4v) is 5.22. The normalized spacial score (nSPS) is 16.5. The van der Waals surface area contributed by atoms with Crippen LogP contribution in [-0.4, -0.2) is 76.5 Å². The molecule has 0 bridgehead atoms. The van der Waals surface area contributed by atoms with Crippen molar-refractivity contribution in [1.82, 2.24) is 30.4 Å². The minimum atomic E-state index is -4.48. The summed E-state index contributed by atoms with van der Waals surface area (Å²) >= 11 is 1.50. The van der Waals surface area contributed by atoms with E-state index in [1.165, 1.54) is 11.3 Å². The van der Waals surface area contributed by atoms with Gasteiger partial charge < -0.3 is 10.6 Å². The van der Waals surface area contributed by atoms with E-state index in [1.54, 1.807) is 17.9 Å². The molecule has 214 valence electrons. The number of unbranched alkanes of at least 4 members (excludes halogenated alkanes) is 1. The molecule has 1 unspecified atom stereocenters. The number of nitrogens with one attached hydrogen (secondary N) is 2. The highest BCUT2D eigenvalue weighted by Gasteiger charge is 2.35. The van der Waals surface area contributed by atoms with Gasteiger partial charge in [0.25, 0.3) is 0 Å². The van der Waals surface area contributed by atoms with Crippen molar-refractivity contribution in [3.05, 3.63) is 70.8 Å². The van der Waals surface area contributed by atoms with Crippen molar-refractivity contribution in [1.29, 1.82) is 0 Å². The summed E-state index contributed by atoms with van der Waals surface area (Å²) in [5.41, 5.74) is 5.44. The fraction of sp³-hybridized carbons (Fsp3) is 0.429. The number of rotatable bonds is 12. The summed E-state index contributed by atoms with van der Waals surface area (Å²) in [5, 5.41) is 6.90. The molecule has 3 aromatic rings. The lowest BCUT2D eigenvalue weighted by atomic mass is 10.1. The lowest BCUT2D eigenvalue weighted by Gasteiger charge is -2.40. The average Bonchev–Trinajstić information content (AvgIpc) is 3.49. The van der Waals surface area contributed by atoms with Crippen molar-refractivity contribution in [3.8, 4) is 11.3 Å². The minimum Gasteiger partial charge on any atom is -0.352 e. The molecule has 1 aromatic carbocycles. The number of piperazine rings is 1. The molecule has 1 fully saturated rings. The zero-order valence-corrected chi connectivity index (χ0v) is 22.9. The summed E-state index contributed by atoms with van der Waals surface area (Å²) < 4.78 is 38.4. The van der Waals surface area contributed by atoms with Crippen molar-refractivity contribution in [2.24, 2.45) is 0 Å². The van der Waals surface area contributed by atoms with Crippen LogP contribution < -0.4 is 10.6 Å². The Kier molecular flexibility index (Phi) is 10.6. The molecule has 0 aliphatic carbocycles. The number of hydrogen-bond acceptors (Lipinski definition) is 7. The third kappa shape index (κ3) is 9.39. The van der Waals surface area contributed by atoms with Gasteiger partial charge in [-0.15, -0.1) is 11.3 Å². The van der Waals surface area contributed by atoms with Gasteiger partial charge in [0.2, 0.25) is 11.8 Å². The first kappa shape index (κ1) is 29.6. The van der Waals surface area contributed by atoms with Crippen LogP contribution in [0.5, 0.6) is 0 Å². The Bertz CT molecular complexity index is 1230. The number of amides is 2. The molecule has 1 saturated heterocycles. The molecule has 2 amide bonds. The summed E-state index contributed by atoms with van der Waals surface area (Å²) in [4.78, 5) is 37.7. The quantitative estimate of drug-likeness (QED) is 0.320. The van der Waals surface area contributed by atoms with Crippen LogP contribution in [0.25, 0.3) is 11.3 Å². The summed E-state index contributed by atoms with van der Waals surface area (Å²) in [6.07, 6.45) is 0.633. The first-order valence-corrected chi connectivity index (χ1v) is 14.1. The second kappa shape index (κ2) is 14.3. The maximum atomic E-state index is 12.9. The molecule has 8 nitrogen and oxygen atoms in total. The van der Waals surface area contributed by atoms with Crippen LogP contribution in [0.3, 0.4) is 0 Å². The van der Waals surface area contributed by atoms with E-state index in [-0.39, 0.29) is 5.91 Å². The molecule has 3 heterocycles. The first-order valence-electron chi connectivity index (χ1n) is 13.2. The number of benzene rings is 1. The fourth-order valence-electron chi connectivity index (χ4n) is 4.65. The summed E-state index contributed by atoms with van der Waals surface area (Å²) in [5.74, 6) is -0.696. The smallest absolute Gasteiger partial charge is 0.352 e. The number of thiazole rings is 1. The van der Waals surface area contributed by atoms with Gasteiger partial charge in [0.1, 0.15) is 12.6 Å². The Hall–Kier alpha value is -3.35. The molecule has 1 aliphatic rings. The number of pyridine rings is 1. The van der Waals surface area contributed by atoms with E-state index in [4.69, 9.17) is 0 Å². The van der Waals surface area contributed by atoms with E-state index in [2.05, 4.69) is 25.5 Å². The molecule has 2 aromatic heterocycles. The minimum absolute atomic E-state index is 0.0540. The van der Waals surface area contributed by atoms with Gasteiger partial charge >= 0.3 is 6.18 Å². The average molecular weight is 575 g/mol. The maximum absolute atomic E-state index is 12.9. The zero-order chi connectivity index (χ0) is 28.4. The van der Waals surface area contributed by atoms with Crippen molar-refractivity contribution >= 4 is 23.2 Å². The second-order valence-electron chi connectivity index (χ2n) is 9.79. The first-order chi connectivity index (χ1) is 19.3. The van der Waals surface area contributed by atoms with E-state index in [1.807, 2.05) is 46.7 Å². The van der Waals surface area contributed by atoms with Gasteiger partial charge in [-0.1, -0.05) is 30.3 Å². The third-order valence-corrected chi connectivity index (χ3v) is 7.29. The number of hydrogen-bond donors (Lipinski definition) is 2. The molecule has 0 radical (unpaired) electrons. The maximum Gasteiger partial charge on any atom is 0.405 e. The van der Waals surface area contributed by atoms with E-state index < -0.39 is 24.7 Å². The van der Waals surface area contributed by atoms with Crippen LogP contribution in [0.1, 0.15) is 30.4 Å². The molecular weight excluding hydrogens is 541 g/mol. The van der Waals surface area contributed by atoms with Gasteiger partial charge in [0, 0.05) is 62.5 Å². The highest BCUT2D eigenvalue weighted by atomic mass is 32.1. The Morgan fingerprint density at radius 2 is 1.88 bits per heavy atom.